The molecule has 66 heavy (non-hydrogen) atoms. The summed E-state index contributed by atoms with van der Waals surface area (Å²) in [6, 6.07) is 63.0. The van der Waals surface area contributed by atoms with E-state index in [1.54, 1.807) is 0 Å². The second-order valence-corrected chi connectivity index (χ2v) is 30.4. The molecule has 10 aromatic carbocycles. The van der Waals surface area contributed by atoms with Crippen molar-refractivity contribution in [1.29, 1.82) is 0 Å². The average molecular weight is 889 g/mol. The molecule has 4 nitrogen and oxygen atoms in total. The van der Waals surface area contributed by atoms with Gasteiger partial charge in [0.05, 0.1) is 38.9 Å². The Kier molecular flexibility index (Phi) is 8.99. The first-order chi connectivity index (χ1) is 31.8. The van der Waals surface area contributed by atoms with E-state index in [-0.39, 0.29) is 0 Å². The van der Waals surface area contributed by atoms with Crippen LogP contribution in [-0.2, 0) is 0 Å². The monoisotopic (exact) mass is 888 g/mol. The van der Waals surface area contributed by atoms with Crippen molar-refractivity contribution >= 4 is 137 Å². The number of rotatable bonds is 8. The number of fused-ring (bicyclic) bond motifs is 6. The summed E-state index contributed by atoms with van der Waals surface area (Å²) in [5.74, 6) is 0. The Morgan fingerprint density at radius 1 is 0.348 bits per heavy atom. The fourth-order valence-electron chi connectivity index (χ4n) is 10.5. The van der Waals surface area contributed by atoms with Crippen molar-refractivity contribution in [2.75, 3.05) is 9.80 Å². The standard InChI is InChI=1S/C60H52N2O2Si2/c1-37-17-31-47-45-13-9-11-15-53(45)63-59(47)57(37)61(41-23-27-43(28-24-41)65(3,4)5)51-35-21-39-20-34-50-52(36-22-40-19-33-49(51)55(39)56(40)50)62(42-25-29-44(30-26-42)66(6,7)8)58-38(2)18-32-48-46-14-10-12-16-54(46)64-60(48)58/h9-36H,1-8H3. The highest BCUT2D eigenvalue weighted by Crippen LogP contribution is 2.51. The first-order valence-corrected chi connectivity index (χ1v) is 30.2. The van der Waals surface area contributed by atoms with E-state index in [0.717, 1.165) is 89.1 Å². The number of hydrogen-bond acceptors (Lipinski definition) is 4. The molecule has 322 valence electrons. The van der Waals surface area contributed by atoms with Gasteiger partial charge < -0.3 is 18.6 Å². The van der Waals surface area contributed by atoms with Gasteiger partial charge in [0.1, 0.15) is 11.2 Å². The third-order valence-electron chi connectivity index (χ3n) is 14.0. The van der Waals surface area contributed by atoms with Gasteiger partial charge in [-0.1, -0.05) is 171 Å². The number of para-hydroxylation sites is 2. The Hall–Kier alpha value is -7.13. The SMILES string of the molecule is Cc1ccc2c(oc3ccccc32)c1N(c1ccc([Si](C)(C)C)cc1)c1ccc2ccc3c(N(c4ccc([Si](C)(C)C)cc4)c4c(C)ccc5c4oc4ccccc45)ccc4ccc1c2c43. The van der Waals surface area contributed by atoms with Crippen molar-refractivity contribution in [2.24, 2.45) is 0 Å². The van der Waals surface area contributed by atoms with Crippen molar-refractivity contribution in [2.45, 2.75) is 53.1 Å². The molecule has 0 saturated carbocycles. The number of anilines is 6. The van der Waals surface area contributed by atoms with Gasteiger partial charge in [-0.2, -0.15) is 0 Å². The summed E-state index contributed by atoms with van der Waals surface area (Å²) in [5, 5.41) is 14.6. The van der Waals surface area contributed by atoms with E-state index < -0.39 is 16.1 Å². The van der Waals surface area contributed by atoms with Crippen LogP contribution in [0, 0.1) is 13.8 Å². The zero-order chi connectivity index (χ0) is 45.2. The van der Waals surface area contributed by atoms with Crippen LogP contribution in [0.25, 0.3) is 76.2 Å². The Morgan fingerprint density at radius 2 is 0.712 bits per heavy atom. The van der Waals surface area contributed by atoms with Crippen molar-refractivity contribution in [3.63, 3.8) is 0 Å². The normalized spacial score (nSPS) is 12.5. The molecule has 12 rings (SSSR count). The molecule has 0 aliphatic heterocycles. The summed E-state index contributed by atoms with van der Waals surface area (Å²) >= 11 is 0. The molecule has 0 atom stereocenters. The van der Waals surface area contributed by atoms with Crippen LogP contribution in [0.2, 0.25) is 39.3 Å². The van der Waals surface area contributed by atoms with E-state index in [1.165, 1.54) is 42.7 Å². The predicted octanol–water partition coefficient (Wildman–Crippen LogP) is 17.0. The molecular weight excluding hydrogens is 837 g/mol. The maximum atomic E-state index is 6.86. The van der Waals surface area contributed by atoms with Crippen LogP contribution in [0.15, 0.2) is 179 Å². The van der Waals surface area contributed by atoms with Gasteiger partial charge in [0.2, 0.25) is 0 Å². The Bertz CT molecular complexity index is 3610. The fourth-order valence-corrected chi connectivity index (χ4v) is 12.8. The first kappa shape index (κ1) is 40.4. The fraction of sp³-hybridized carbons (Fsp3) is 0.133. The van der Waals surface area contributed by atoms with Crippen LogP contribution >= 0.6 is 0 Å². The maximum absolute atomic E-state index is 6.86. The van der Waals surface area contributed by atoms with Crippen LogP contribution in [0.3, 0.4) is 0 Å². The molecule has 0 bridgehead atoms. The molecule has 0 aliphatic carbocycles. The van der Waals surface area contributed by atoms with E-state index in [4.69, 9.17) is 8.83 Å². The molecule has 0 aliphatic rings. The lowest BCUT2D eigenvalue weighted by Crippen LogP contribution is -2.37. The van der Waals surface area contributed by atoms with Crippen molar-refractivity contribution < 1.29 is 8.83 Å². The number of hydrogen-bond donors (Lipinski definition) is 0. The third-order valence-corrected chi connectivity index (χ3v) is 18.1. The lowest BCUT2D eigenvalue weighted by molar-refractivity contribution is 0.668. The molecule has 12 aromatic rings. The van der Waals surface area contributed by atoms with Crippen molar-refractivity contribution in [3.8, 4) is 0 Å². The average Bonchev–Trinajstić information content (AvgIpc) is 3.89. The summed E-state index contributed by atoms with van der Waals surface area (Å²) in [4.78, 5) is 4.91. The Balaban J connectivity index is 1.14. The molecule has 2 aromatic heterocycles. The molecule has 0 unspecified atom stereocenters. The van der Waals surface area contributed by atoms with E-state index in [2.05, 4.69) is 233 Å². The highest BCUT2D eigenvalue weighted by Gasteiger charge is 2.28. The molecule has 0 spiro atoms. The summed E-state index contributed by atoms with van der Waals surface area (Å²) in [5.41, 5.74) is 12.4. The summed E-state index contributed by atoms with van der Waals surface area (Å²) in [6.45, 7) is 18.9. The van der Waals surface area contributed by atoms with E-state index in [9.17, 15) is 0 Å². The highest BCUT2D eigenvalue weighted by molar-refractivity contribution is 6.89. The predicted molar refractivity (Wildman–Crippen MR) is 290 cm³/mol. The van der Waals surface area contributed by atoms with Crippen LogP contribution in [0.5, 0.6) is 0 Å². The van der Waals surface area contributed by atoms with Gasteiger partial charge >= 0.3 is 0 Å². The van der Waals surface area contributed by atoms with Crippen molar-refractivity contribution in [1.82, 2.24) is 0 Å². The molecule has 0 saturated heterocycles. The van der Waals surface area contributed by atoms with E-state index in [1.807, 2.05) is 0 Å². The van der Waals surface area contributed by atoms with Crippen LogP contribution in [0.1, 0.15) is 11.1 Å². The van der Waals surface area contributed by atoms with Gasteiger partial charge in [-0.15, -0.1) is 0 Å². The molecule has 0 fully saturated rings. The lowest BCUT2D eigenvalue weighted by Gasteiger charge is -2.31. The second-order valence-electron chi connectivity index (χ2n) is 20.3. The zero-order valence-corrected chi connectivity index (χ0v) is 40.9. The molecule has 6 heteroatoms. The van der Waals surface area contributed by atoms with E-state index in [0.29, 0.717) is 0 Å². The second kappa shape index (κ2) is 14.7. The van der Waals surface area contributed by atoms with Crippen LogP contribution in [0.4, 0.5) is 34.1 Å². The van der Waals surface area contributed by atoms with E-state index >= 15 is 0 Å². The maximum Gasteiger partial charge on any atom is 0.159 e. The van der Waals surface area contributed by atoms with Gasteiger partial charge in [0.15, 0.2) is 11.2 Å². The quantitative estimate of drug-likeness (QED) is 0.112. The number of aryl methyl sites for hydroxylation is 2. The molecule has 0 amide bonds. The molecule has 0 radical (unpaired) electrons. The zero-order valence-electron chi connectivity index (χ0n) is 38.9. The van der Waals surface area contributed by atoms with Gasteiger partial charge in [-0.05, 0) is 95.1 Å². The molecule has 0 N–H and O–H groups in total. The minimum Gasteiger partial charge on any atom is -0.454 e. The van der Waals surface area contributed by atoms with Gasteiger partial charge in [-0.25, -0.2) is 0 Å². The Morgan fingerprint density at radius 3 is 1.11 bits per heavy atom. The smallest absolute Gasteiger partial charge is 0.159 e. The third kappa shape index (κ3) is 6.23. The molecule has 2 heterocycles. The topological polar surface area (TPSA) is 32.8 Å². The Labute approximate surface area is 387 Å². The summed E-state index contributed by atoms with van der Waals surface area (Å²) < 4.78 is 13.7. The minimum atomic E-state index is -1.56. The largest absolute Gasteiger partial charge is 0.454 e. The van der Waals surface area contributed by atoms with Gasteiger partial charge in [0.25, 0.3) is 0 Å². The van der Waals surface area contributed by atoms with Crippen LogP contribution in [-0.4, -0.2) is 16.1 Å². The summed E-state index contributed by atoms with van der Waals surface area (Å²) in [7, 11) is -3.13. The van der Waals surface area contributed by atoms with Crippen LogP contribution < -0.4 is 20.2 Å². The number of furan rings is 2. The first-order valence-electron chi connectivity index (χ1n) is 23.2. The van der Waals surface area contributed by atoms with Gasteiger partial charge in [0, 0.05) is 43.7 Å². The number of benzene rings is 10. The lowest BCUT2D eigenvalue weighted by atomic mass is 9.91. The number of nitrogens with zero attached hydrogens (tertiary/aromatic N) is 2. The summed E-state index contributed by atoms with van der Waals surface area (Å²) in [6.07, 6.45) is 0. The molecular formula is C60H52N2O2Si2. The minimum absolute atomic E-state index is 0.893. The van der Waals surface area contributed by atoms with Crippen molar-refractivity contribution in [3.05, 3.63) is 181 Å². The van der Waals surface area contributed by atoms with Gasteiger partial charge in [-0.3, -0.25) is 0 Å². The highest BCUT2D eigenvalue weighted by atomic mass is 28.3.